The molecule has 1 fully saturated rings. The van der Waals surface area contributed by atoms with Crippen LogP contribution in [0.1, 0.15) is 29.3 Å². The Morgan fingerprint density at radius 1 is 1.35 bits per heavy atom. The summed E-state index contributed by atoms with van der Waals surface area (Å²) in [5, 5.41) is 11.7. The first-order chi connectivity index (χ1) is 9.56. The van der Waals surface area contributed by atoms with Gasteiger partial charge < -0.3 is 15.2 Å². The van der Waals surface area contributed by atoms with Crippen molar-refractivity contribution in [1.82, 2.24) is 5.32 Å². The number of ether oxygens (including phenoxy) is 1. The highest BCUT2D eigenvalue weighted by atomic mass is 16.5. The summed E-state index contributed by atoms with van der Waals surface area (Å²) in [7, 11) is 0. The Balaban J connectivity index is 1.75. The van der Waals surface area contributed by atoms with E-state index in [0.29, 0.717) is 19.6 Å². The van der Waals surface area contributed by atoms with Gasteiger partial charge in [0.25, 0.3) is 0 Å². The van der Waals surface area contributed by atoms with E-state index in [1.54, 1.807) is 24.3 Å². The standard InChI is InChI=1S/C15H19NO4/c1-10-8-13(9-20-10)14(17)16-7-6-11-2-4-12(5-3-11)15(18)19/h2-5,10,13H,6-9H2,1H3,(H,16,17)(H,18,19). The summed E-state index contributed by atoms with van der Waals surface area (Å²) in [5.41, 5.74) is 1.28. The molecule has 1 aliphatic heterocycles. The number of benzene rings is 1. The van der Waals surface area contributed by atoms with Crippen molar-refractivity contribution in [2.75, 3.05) is 13.2 Å². The Morgan fingerprint density at radius 3 is 2.60 bits per heavy atom. The molecule has 0 aliphatic carbocycles. The van der Waals surface area contributed by atoms with Crippen LogP contribution in [0.25, 0.3) is 0 Å². The molecule has 1 aromatic rings. The lowest BCUT2D eigenvalue weighted by molar-refractivity contribution is -0.124. The SMILES string of the molecule is CC1CC(C(=O)NCCc2ccc(C(=O)O)cc2)CO1. The number of hydrogen-bond acceptors (Lipinski definition) is 3. The monoisotopic (exact) mass is 277 g/mol. The zero-order chi connectivity index (χ0) is 14.5. The molecule has 2 rings (SSSR count). The van der Waals surface area contributed by atoms with Crippen LogP contribution in [0.5, 0.6) is 0 Å². The van der Waals surface area contributed by atoms with Crippen molar-refractivity contribution in [2.45, 2.75) is 25.9 Å². The van der Waals surface area contributed by atoms with Gasteiger partial charge in [-0.05, 0) is 37.5 Å². The molecule has 0 spiro atoms. The van der Waals surface area contributed by atoms with E-state index in [1.807, 2.05) is 6.92 Å². The molecule has 1 saturated heterocycles. The van der Waals surface area contributed by atoms with Crippen LogP contribution in [0.15, 0.2) is 24.3 Å². The molecule has 1 amide bonds. The number of rotatable bonds is 5. The second kappa shape index (κ2) is 6.52. The van der Waals surface area contributed by atoms with Crippen molar-refractivity contribution in [3.05, 3.63) is 35.4 Å². The molecule has 0 radical (unpaired) electrons. The van der Waals surface area contributed by atoms with Crippen LogP contribution < -0.4 is 5.32 Å². The quantitative estimate of drug-likeness (QED) is 0.854. The summed E-state index contributed by atoms with van der Waals surface area (Å²) >= 11 is 0. The Bertz CT molecular complexity index is 483. The topological polar surface area (TPSA) is 75.6 Å². The smallest absolute Gasteiger partial charge is 0.335 e. The van der Waals surface area contributed by atoms with Crippen LogP contribution in [-0.2, 0) is 16.0 Å². The maximum Gasteiger partial charge on any atom is 0.335 e. The van der Waals surface area contributed by atoms with Crippen molar-refractivity contribution >= 4 is 11.9 Å². The predicted molar refractivity (Wildman–Crippen MR) is 73.6 cm³/mol. The van der Waals surface area contributed by atoms with Crippen LogP contribution in [0.4, 0.5) is 0 Å². The number of amides is 1. The number of carbonyl (C=O) groups excluding carboxylic acids is 1. The Morgan fingerprint density at radius 2 is 2.05 bits per heavy atom. The zero-order valence-electron chi connectivity index (χ0n) is 11.5. The third kappa shape index (κ3) is 3.81. The van der Waals surface area contributed by atoms with Gasteiger partial charge in [0, 0.05) is 6.54 Å². The van der Waals surface area contributed by atoms with Gasteiger partial charge in [-0.25, -0.2) is 4.79 Å². The zero-order valence-corrected chi connectivity index (χ0v) is 11.5. The van der Waals surface area contributed by atoms with Crippen LogP contribution in [-0.4, -0.2) is 36.2 Å². The van der Waals surface area contributed by atoms with Gasteiger partial charge in [-0.1, -0.05) is 12.1 Å². The number of carbonyl (C=O) groups is 2. The van der Waals surface area contributed by atoms with Gasteiger partial charge in [-0.3, -0.25) is 4.79 Å². The molecule has 0 bridgehead atoms. The second-order valence-electron chi connectivity index (χ2n) is 5.12. The largest absolute Gasteiger partial charge is 0.478 e. The van der Waals surface area contributed by atoms with Gasteiger partial charge in [0.15, 0.2) is 0 Å². The van der Waals surface area contributed by atoms with Crippen molar-refractivity contribution in [3.8, 4) is 0 Å². The third-order valence-corrected chi connectivity index (χ3v) is 3.48. The molecule has 0 saturated carbocycles. The van der Waals surface area contributed by atoms with Crippen LogP contribution in [0.2, 0.25) is 0 Å². The highest BCUT2D eigenvalue weighted by Gasteiger charge is 2.27. The molecule has 2 atom stereocenters. The number of carboxylic acids is 1. The summed E-state index contributed by atoms with van der Waals surface area (Å²) in [6.07, 6.45) is 1.63. The van der Waals surface area contributed by atoms with E-state index in [1.165, 1.54) is 0 Å². The molecule has 1 aliphatic rings. The van der Waals surface area contributed by atoms with Crippen molar-refractivity contribution in [2.24, 2.45) is 5.92 Å². The second-order valence-corrected chi connectivity index (χ2v) is 5.12. The summed E-state index contributed by atoms with van der Waals surface area (Å²) < 4.78 is 5.37. The van der Waals surface area contributed by atoms with Gasteiger partial charge in [-0.15, -0.1) is 0 Å². The third-order valence-electron chi connectivity index (χ3n) is 3.48. The Kier molecular flexibility index (Phi) is 4.74. The maximum absolute atomic E-state index is 11.9. The molecule has 1 aromatic carbocycles. The van der Waals surface area contributed by atoms with Gasteiger partial charge in [0.1, 0.15) is 0 Å². The average Bonchev–Trinajstić information content (AvgIpc) is 2.86. The first kappa shape index (κ1) is 14.5. The van der Waals surface area contributed by atoms with E-state index in [9.17, 15) is 9.59 Å². The predicted octanol–water partition coefficient (Wildman–Crippen LogP) is 1.47. The van der Waals surface area contributed by atoms with E-state index < -0.39 is 5.97 Å². The molecule has 1 heterocycles. The summed E-state index contributed by atoms with van der Waals surface area (Å²) in [6.45, 7) is 3.02. The molecule has 20 heavy (non-hydrogen) atoms. The summed E-state index contributed by atoms with van der Waals surface area (Å²) in [5.74, 6) is -0.934. The van der Waals surface area contributed by atoms with Crippen molar-refractivity contribution < 1.29 is 19.4 Å². The minimum Gasteiger partial charge on any atom is -0.478 e. The molecular formula is C15H19NO4. The molecular weight excluding hydrogens is 258 g/mol. The van der Waals surface area contributed by atoms with E-state index in [2.05, 4.69) is 5.32 Å². The molecule has 2 N–H and O–H groups in total. The average molecular weight is 277 g/mol. The van der Waals surface area contributed by atoms with E-state index in [4.69, 9.17) is 9.84 Å². The van der Waals surface area contributed by atoms with Crippen molar-refractivity contribution in [3.63, 3.8) is 0 Å². The summed E-state index contributed by atoms with van der Waals surface area (Å²) in [4.78, 5) is 22.6. The number of hydrogen-bond donors (Lipinski definition) is 2. The first-order valence-corrected chi connectivity index (χ1v) is 6.78. The van der Waals surface area contributed by atoms with Crippen LogP contribution in [0.3, 0.4) is 0 Å². The van der Waals surface area contributed by atoms with Gasteiger partial charge in [0.2, 0.25) is 5.91 Å². The van der Waals surface area contributed by atoms with E-state index in [0.717, 1.165) is 12.0 Å². The lowest BCUT2D eigenvalue weighted by atomic mass is 10.1. The minimum atomic E-state index is -0.930. The minimum absolute atomic E-state index is 0.0384. The maximum atomic E-state index is 11.9. The molecule has 5 heteroatoms. The highest BCUT2D eigenvalue weighted by Crippen LogP contribution is 2.18. The fraction of sp³-hybridized carbons (Fsp3) is 0.467. The Hall–Kier alpha value is -1.88. The van der Waals surface area contributed by atoms with Gasteiger partial charge in [-0.2, -0.15) is 0 Å². The van der Waals surface area contributed by atoms with Gasteiger partial charge >= 0.3 is 5.97 Å². The number of carboxylic acid groups (broad SMARTS) is 1. The van der Waals surface area contributed by atoms with Crippen molar-refractivity contribution in [1.29, 1.82) is 0 Å². The highest BCUT2D eigenvalue weighted by molar-refractivity contribution is 5.87. The van der Waals surface area contributed by atoms with Crippen LogP contribution >= 0.6 is 0 Å². The van der Waals surface area contributed by atoms with E-state index in [-0.39, 0.29) is 23.5 Å². The van der Waals surface area contributed by atoms with Gasteiger partial charge in [0.05, 0.1) is 24.2 Å². The fourth-order valence-electron chi connectivity index (χ4n) is 2.29. The van der Waals surface area contributed by atoms with E-state index >= 15 is 0 Å². The van der Waals surface area contributed by atoms with Crippen LogP contribution in [0, 0.1) is 5.92 Å². The molecule has 108 valence electrons. The molecule has 0 aromatic heterocycles. The molecule has 2 unspecified atom stereocenters. The molecule has 5 nitrogen and oxygen atoms in total. The lowest BCUT2D eigenvalue weighted by Crippen LogP contribution is -2.32. The normalized spacial score (nSPS) is 21.6. The fourth-order valence-corrected chi connectivity index (χ4v) is 2.29. The lowest BCUT2D eigenvalue weighted by Gasteiger charge is -2.09. The Labute approximate surface area is 117 Å². The first-order valence-electron chi connectivity index (χ1n) is 6.78. The summed E-state index contributed by atoms with van der Waals surface area (Å²) in [6, 6.07) is 6.70. The number of aromatic carboxylic acids is 1. The number of nitrogens with one attached hydrogen (secondary N) is 1.